The highest BCUT2D eigenvalue weighted by Gasteiger charge is 2.23. The Kier molecular flexibility index (Phi) is 5.77. The van der Waals surface area contributed by atoms with Crippen LogP contribution in [-0.4, -0.2) is 29.8 Å². The molecule has 4 heteroatoms. The number of Topliss-reactive ketones (excluding diaryl/α,β-unsaturated/α-hetero) is 1. The quantitative estimate of drug-likeness (QED) is 0.816. The summed E-state index contributed by atoms with van der Waals surface area (Å²) >= 11 is 5.75. The lowest BCUT2D eigenvalue weighted by Crippen LogP contribution is -2.40. The third kappa shape index (κ3) is 4.79. The molecule has 0 bridgehead atoms. The van der Waals surface area contributed by atoms with Crippen LogP contribution in [0.5, 0.6) is 0 Å². The molecule has 0 radical (unpaired) electrons. The van der Waals surface area contributed by atoms with E-state index in [2.05, 4.69) is 18.7 Å². The number of hydrogen-bond acceptors (Lipinski definition) is 2. The van der Waals surface area contributed by atoms with Gasteiger partial charge < -0.3 is 4.90 Å². The van der Waals surface area contributed by atoms with Gasteiger partial charge in [0.15, 0.2) is 0 Å². The molecule has 0 unspecified atom stereocenters. The monoisotopic (exact) mass is 311 g/mol. The predicted molar refractivity (Wildman–Crippen MR) is 84.2 cm³/mol. The van der Waals surface area contributed by atoms with E-state index in [4.69, 9.17) is 11.6 Å². The second kappa shape index (κ2) is 7.37. The number of likely N-dealkylation sites (tertiary alicyclic amines) is 1. The molecule has 1 heterocycles. The zero-order chi connectivity index (χ0) is 15.4. The van der Waals surface area contributed by atoms with Gasteiger partial charge in [-0.3, -0.25) is 4.79 Å². The molecule has 0 aromatic heterocycles. The second-order valence-corrected chi connectivity index (χ2v) is 6.67. The fraction of sp³-hybridized carbons (Fsp3) is 0.588. The fourth-order valence-corrected chi connectivity index (χ4v) is 3.21. The maximum Gasteiger partial charge on any atom is 0.141 e. The van der Waals surface area contributed by atoms with E-state index in [-0.39, 0.29) is 10.8 Å². The Balaban J connectivity index is 1.87. The third-order valence-corrected chi connectivity index (χ3v) is 4.47. The van der Waals surface area contributed by atoms with Gasteiger partial charge in [-0.05, 0) is 56.8 Å². The van der Waals surface area contributed by atoms with E-state index in [1.165, 1.54) is 12.5 Å². The lowest BCUT2D eigenvalue weighted by atomic mass is 9.90. The largest absolute Gasteiger partial charge is 0.301 e. The van der Waals surface area contributed by atoms with E-state index in [0.29, 0.717) is 24.8 Å². The maximum absolute atomic E-state index is 13.1. The van der Waals surface area contributed by atoms with Gasteiger partial charge in [-0.15, -0.1) is 0 Å². The first-order valence-corrected chi connectivity index (χ1v) is 8.03. The topological polar surface area (TPSA) is 20.3 Å². The molecule has 1 saturated heterocycles. The van der Waals surface area contributed by atoms with Crippen molar-refractivity contribution in [2.75, 3.05) is 13.1 Å². The van der Waals surface area contributed by atoms with E-state index in [1.807, 2.05) is 0 Å². The molecule has 2 rings (SSSR count). The molecule has 116 valence electrons. The SMILES string of the molecule is CC(C)N1CCC[C@@H](CC(=O)Cc2ccc(F)c(Cl)c2)C1. The average Bonchev–Trinajstić information content (AvgIpc) is 2.43. The molecular weight excluding hydrogens is 289 g/mol. The Morgan fingerprint density at radius 1 is 1.48 bits per heavy atom. The zero-order valence-corrected chi connectivity index (χ0v) is 13.5. The highest BCUT2D eigenvalue weighted by molar-refractivity contribution is 6.30. The van der Waals surface area contributed by atoms with Gasteiger partial charge in [-0.1, -0.05) is 17.7 Å². The summed E-state index contributed by atoms with van der Waals surface area (Å²) < 4.78 is 13.1. The molecule has 1 aromatic rings. The van der Waals surface area contributed by atoms with Crippen LogP contribution in [-0.2, 0) is 11.2 Å². The van der Waals surface area contributed by atoms with E-state index in [1.54, 1.807) is 12.1 Å². The first-order valence-electron chi connectivity index (χ1n) is 7.65. The number of ketones is 1. The van der Waals surface area contributed by atoms with Gasteiger partial charge in [-0.25, -0.2) is 4.39 Å². The summed E-state index contributed by atoms with van der Waals surface area (Å²) in [6.07, 6.45) is 3.24. The summed E-state index contributed by atoms with van der Waals surface area (Å²) in [5.74, 6) is 0.227. The van der Waals surface area contributed by atoms with Crippen molar-refractivity contribution in [3.8, 4) is 0 Å². The summed E-state index contributed by atoms with van der Waals surface area (Å²) in [6, 6.07) is 5.06. The Hall–Kier alpha value is -0.930. The second-order valence-electron chi connectivity index (χ2n) is 6.26. The van der Waals surface area contributed by atoms with Crippen molar-refractivity contribution < 1.29 is 9.18 Å². The van der Waals surface area contributed by atoms with Gasteiger partial charge in [0.1, 0.15) is 11.6 Å². The van der Waals surface area contributed by atoms with Gasteiger partial charge in [0.25, 0.3) is 0 Å². The molecule has 21 heavy (non-hydrogen) atoms. The molecular formula is C17H23ClFNO. The number of carbonyl (C=O) groups excluding carboxylic acids is 1. The van der Waals surface area contributed by atoms with Crippen LogP contribution in [0, 0.1) is 11.7 Å². The zero-order valence-electron chi connectivity index (χ0n) is 12.7. The van der Waals surface area contributed by atoms with Crippen LogP contribution < -0.4 is 0 Å². The van der Waals surface area contributed by atoms with Crippen molar-refractivity contribution in [3.63, 3.8) is 0 Å². The number of nitrogens with zero attached hydrogens (tertiary/aromatic N) is 1. The molecule has 0 saturated carbocycles. The van der Waals surface area contributed by atoms with Crippen molar-refractivity contribution in [1.82, 2.24) is 4.90 Å². The average molecular weight is 312 g/mol. The molecule has 1 atom stereocenters. The lowest BCUT2D eigenvalue weighted by molar-refractivity contribution is -0.119. The Bertz CT molecular complexity index is 504. The van der Waals surface area contributed by atoms with Crippen molar-refractivity contribution in [3.05, 3.63) is 34.6 Å². The van der Waals surface area contributed by atoms with Crippen molar-refractivity contribution in [2.24, 2.45) is 5.92 Å². The molecule has 1 aliphatic heterocycles. The molecule has 2 nitrogen and oxygen atoms in total. The van der Waals surface area contributed by atoms with E-state index in [9.17, 15) is 9.18 Å². The molecule has 0 N–H and O–H groups in total. The summed E-state index contributed by atoms with van der Waals surface area (Å²) in [7, 11) is 0. The Labute approximate surface area is 131 Å². The van der Waals surface area contributed by atoms with Gasteiger partial charge in [0, 0.05) is 25.4 Å². The highest BCUT2D eigenvalue weighted by Crippen LogP contribution is 2.23. The minimum absolute atomic E-state index is 0.0870. The first kappa shape index (κ1) is 16.4. The van der Waals surface area contributed by atoms with E-state index >= 15 is 0 Å². The summed E-state index contributed by atoms with van der Waals surface area (Å²) in [5.41, 5.74) is 0.794. The number of benzene rings is 1. The summed E-state index contributed by atoms with van der Waals surface area (Å²) in [6.45, 7) is 6.54. The maximum atomic E-state index is 13.1. The van der Waals surface area contributed by atoms with Crippen molar-refractivity contribution >= 4 is 17.4 Å². The number of piperidine rings is 1. The number of carbonyl (C=O) groups is 1. The Morgan fingerprint density at radius 2 is 2.24 bits per heavy atom. The van der Waals surface area contributed by atoms with Crippen LogP contribution in [0.3, 0.4) is 0 Å². The van der Waals surface area contributed by atoms with Crippen LogP contribution in [0.4, 0.5) is 4.39 Å². The molecule has 0 amide bonds. The third-order valence-electron chi connectivity index (χ3n) is 4.18. The molecule has 0 aliphatic carbocycles. The summed E-state index contributed by atoms with van der Waals surface area (Å²) in [5, 5.41) is 0.0870. The van der Waals surface area contributed by atoms with Gasteiger partial charge >= 0.3 is 0 Å². The minimum atomic E-state index is -0.437. The standard InChI is InChI=1S/C17H23ClFNO/c1-12(2)20-7-3-4-14(11-20)9-15(21)8-13-5-6-17(19)16(18)10-13/h5-6,10,12,14H,3-4,7-9,11H2,1-2H3/t14-/m0/s1. The van der Waals surface area contributed by atoms with Crippen LogP contribution in [0.1, 0.15) is 38.7 Å². The van der Waals surface area contributed by atoms with E-state index < -0.39 is 5.82 Å². The first-order chi connectivity index (χ1) is 9.95. The minimum Gasteiger partial charge on any atom is -0.301 e. The fourth-order valence-electron chi connectivity index (χ4n) is 3.00. The molecule has 1 aliphatic rings. The number of hydrogen-bond donors (Lipinski definition) is 0. The number of rotatable bonds is 5. The molecule has 0 spiro atoms. The lowest BCUT2D eigenvalue weighted by Gasteiger charge is -2.35. The summed E-state index contributed by atoms with van der Waals surface area (Å²) in [4.78, 5) is 14.6. The molecule has 1 fully saturated rings. The highest BCUT2D eigenvalue weighted by atomic mass is 35.5. The van der Waals surface area contributed by atoms with Gasteiger partial charge in [-0.2, -0.15) is 0 Å². The molecule has 1 aromatic carbocycles. The van der Waals surface area contributed by atoms with Crippen LogP contribution in [0.25, 0.3) is 0 Å². The van der Waals surface area contributed by atoms with Crippen LogP contribution in [0.2, 0.25) is 5.02 Å². The van der Waals surface area contributed by atoms with Gasteiger partial charge in [0.2, 0.25) is 0 Å². The van der Waals surface area contributed by atoms with Crippen molar-refractivity contribution in [1.29, 1.82) is 0 Å². The van der Waals surface area contributed by atoms with E-state index in [0.717, 1.165) is 25.1 Å². The van der Waals surface area contributed by atoms with Crippen LogP contribution >= 0.6 is 11.6 Å². The van der Waals surface area contributed by atoms with Crippen molar-refractivity contribution in [2.45, 2.75) is 45.6 Å². The van der Waals surface area contributed by atoms with Gasteiger partial charge in [0.05, 0.1) is 5.02 Å². The van der Waals surface area contributed by atoms with Crippen LogP contribution in [0.15, 0.2) is 18.2 Å². The predicted octanol–water partition coefficient (Wildman–Crippen LogP) is 4.10. The Morgan fingerprint density at radius 3 is 2.90 bits per heavy atom. The smallest absolute Gasteiger partial charge is 0.141 e. The normalized spacial score (nSPS) is 20.0. The number of halogens is 2.